The summed E-state index contributed by atoms with van der Waals surface area (Å²) in [6.45, 7) is 2.19. The molecule has 0 unspecified atom stereocenters. The molecular weight excluding hydrogens is 291 g/mol. The molecule has 22 heavy (non-hydrogen) atoms. The van der Waals surface area contributed by atoms with Crippen LogP contribution < -0.4 is 4.74 Å². The Hall–Kier alpha value is -2.43. The van der Waals surface area contributed by atoms with Crippen LogP contribution in [0.4, 0.5) is 13.2 Å². The molecule has 0 aliphatic heterocycles. The van der Waals surface area contributed by atoms with Gasteiger partial charge in [-0.1, -0.05) is 18.2 Å². The van der Waals surface area contributed by atoms with Crippen LogP contribution in [0.2, 0.25) is 0 Å². The second-order valence-corrected chi connectivity index (χ2v) is 5.20. The summed E-state index contributed by atoms with van der Waals surface area (Å²) in [6, 6.07) is 12.8. The van der Waals surface area contributed by atoms with Crippen LogP contribution in [0.5, 0.6) is 5.75 Å². The van der Waals surface area contributed by atoms with Gasteiger partial charge in [-0.3, -0.25) is 0 Å². The summed E-state index contributed by atoms with van der Waals surface area (Å²) in [5.74, 6) is 0.199. The van der Waals surface area contributed by atoms with Crippen molar-refractivity contribution in [1.82, 2.24) is 4.98 Å². The van der Waals surface area contributed by atoms with Crippen molar-refractivity contribution in [3.8, 4) is 5.75 Å². The Morgan fingerprint density at radius 3 is 2.64 bits per heavy atom. The van der Waals surface area contributed by atoms with Crippen LogP contribution in [0.25, 0.3) is 10.9 Å². The van der Waals surface area contributed by atoms with Crippen LogP contribution in [-0.2, 0) is 12.8 Å². The minimum atomic E-state index is -4.36. The molecule has 1 heterocycles. The second-order valence-electron chi connectivity index (χ2n) is 5.20. The molecule has 0 spiro atoms. The van der Waals surface area contributed by atoms with Gasteiger partial charge in [-0.2, -0.15) is 13.2 Å². The number of H-pyrrole nitrogens is 1. The molecule has 0 saturated carbocycles. The highest BCUT2D eigenvalue weighted by atomic mass is 19.4. The van der Waals surface area contributed by atoms with E-state index in [-0.39, 0.29) is 12.4 Å². The predicted octanol–water partition coefficient (Wildman–Crippen LogP) is 5.07. The van der Waals surface area contributed by atoms with E-state index < -0.39 is 11.7 Å². The van der Waals surface area contributed by atoms with E-state index in [1.165, 1.54) is 12.1 Å². The monoisotopic (exact) mass is 305 g/mol. The van der Waals surface area contributed by atoms with Gasteiger partial charge in [0, 0.05) is 5.52 Å². The van der Waals surface area contributed by atoms with Gasteiger partial charge in [0.1, 0.15) is 12.4 Å². The molecule has 0 aliphatic rings. The molecule has 0 radical (unpaired) electrons. The number of rotatable bonds is 3. The Balaban J connectivity index is 1.76. The molecule has 0 aliphatic carbocycles. The molecule has 0 bridgehead atoms. The number of benzene rings is 2. The predicted molar refractivity (Wildman–Crippen MR) is 78.8 cm³/mol. The minimum absolute atomic E-state index is 0.190. The number of alkyl halides is 3. The summed E-state index contributed by atoms with van der Waals surface area (Å²) in [5.41, 5.74) is 2.23. The van der Waals surface area contributed by atoms with Gasteiger partial charge < -0.3 is 9.72 Å². The lowest BCUT2D eigenvalue weighted by Crippen LogP contribution is -2.05. The van der Waals surface area contributed by atoms with Gasteiger partial charge in [0.25, 0.3) is 0 Å². The molecule has 3 aromatic rings. The van der Waals surface area contributed by atoms with Crippen LogP contribution in [0.3, 0.4) is 0 Å². The maximum atomic E-state index is 12.6. The van der Waals surface area contributed by atoms with E-state index in [4.69, 9.17) is 4.74 Å². The zero-order valence-electron chi connectivity index (χ0n) is 11.9. The Morgan fingerprint density at radius 1 is 1.05 bits per heavy atom. The highest BCUT2D eigenvalue weighted by Crippen LogP contribution is 2.31. The molecule has 0 amide bonds. The first kappa shape index (κ1) is 14.5. The number of hydrogen-bond donors (Lipinski definition) is 1. The second kappa shape index (κ2) is 5.40. The third-order valence-corrected chi connectivity index (χ3v) is 3.39. The fraction of sp³-hybridized carbons (Fsp3) is 0.176. The Morgan fingerprint density at radius 2 is 1.86 bits per heavy atom. The number of nitrogens with one attached hydrogen (secondary N) is 1. The molecule has 5 heteroatoms. The number of aromatic nitrogens is 1. The van der Waals surface area contributed by atoms with Gasteiger partial charge in [-0.15, -0.1) is 0 Å². The zero-order chi connectivity index (χ0) is 15.7. The molecule has 1 aromatic heterocycles. The van der Waals surface area contributed by atoms with Crippen molar-refractivity contribution in [3.63, 3.8) is 0 Å². The summed E-state index contributed by atoms with van der Waals surface area (Å²) in [4.78, 5) is 3.20. The molecule has 0 atom stereocenters. The highest BCUT2D eigenvalue weighted by molar-refractivity contribution is 5.80. The number of hydrogen-bond acceptors (Lipinski definition) is 1. The van der Waals surface area contributed by atoms with E-state index in [0.717, 1.165) is 34.3 Å². The third-order valence-electron chi connectivity index (χ3n) is 3.39. The molecule has 3 rings (SSSR count). The summed E-state index contributed by atoms with van der Waals surface area (Å²) in [5, 5.41) is 1.05. The lowest BCUT2D eigenvalue weighted by atomic mass is 10.2. The van der Waals surface area contributed by atoms with E-state index >= 15 is 0 Å². The summed E-state index contributed by atoms with van der Waals surface area (Å²) in [7, 11) is 0. The van der Waals surface area contributed by atoms with E-state index in [1.807, 2.05) is 31.2 Å². The Kier molecular flexibility index (Phi) is 3.56. The highest BCUT2D eigenvalue weighted by Gasteiger charge is 2.30. The summed E-state index contributed by atoms with van der Waals surface area (Å²) < 4.78 is 43.4. The minimum Gasteiger partial charge on any atom is -0.487 e. The maximum absolute atomic E-state index is 12.6. The number of fused-ring (bicyclic) bond motifs is 1. The van der Waals surface area contributed by atoms with Gasteiger partial charge in [0.2, 0.25) is 0 Å². The topological polar surface area (TPSA) is 25.0 Å². The number of aryl methyl sites for hydroxylation is 1. The van der Waals surface area contributed by atoms with Crippen molar-refractivity contribution in [2.75, 3.05) is 0 Å². The largest absolute Gasteiger partial charge is 0.487 e. The van der Waals surface area contributed by atoms with E-state index in [0.29, 0.717) is 0 Å². The molecule has 0 fully saturated rings. The zero-order valence-corrected chi connectivity index (χ0v) is 11.9. The standard InChI is InChI=1S/C17H14F3NO/c1-11-5-6-12-8-14(21-16(12)7-11)10-22-15-4-2-3-13(9-15)17(18,19)20/h2-9,21H,10H2,1H3. The Labute approximate surface area is 125 Å². The van der Waals surface area contributed by atoms with Crippen LogP contribution >= 0.6 is 0 Å². The van der Waals surface area contributed by atoms with Crippen molar-refractivity contribution < 1.29 is 17.9 Å². The molecule has 2 aromatic carbocycles. The molecule has 0 saturated heterocycles. The van der Waals surface area contributed by atoms with Crippen LogP contribution in [0.15, 0.2) is 48.5 Å². The van der Waals surface area contributed by atoms with Gasteiger partial charge in [-0.05, 0) is 48.2 Å². The van der Waals surface area contributed by atoms with Gasteiger partial charge in [-0.25, -0.2) is 0 Å². The van der Waals surface area contributed by atoms with Crippen LogP contribution in [0, 0.1) is 6.92 Å². The molecule has 2 nitrogen and oxygen atoms in total. The molecule has 114 valence electrons. The average Bonchev–Trinajstić information content (AvgIpc) is 2.86. The average molecular weight is 305 g/mol. The maximum Gasteiger partial charge on any atom is 0.416 e. The first-order valence-corrected chi connectivity index (χ1v) is 6.80. The fourth-order valence-electron chi connectivity index (χ4n) is 2.30. The van der Waals surface area contributed by atoms with Crippen LogP contribution in [-0.4, -0.2) is 4.98 Å². The number of aromatic amines is 1. The molecular formula is C17H14F3NO. The van der Waals surface area contributed by atoms with Crippen molar-refractivity contribution in [2.24, 2.45) is 0 Å². The lowest BCUT2D eigenvalue weighted by Gasteiger charge is -2.09. The lowest BCUT2D eigenvalue weighted by molar-refractivity contribution is -0.137. The number of halogens is 3. The van der Waals surface area contributed by atoms with Crippen LogP contribution in [0.1, 0.15) is 16.8 Å². The first-order valence-electron chi connectivity index (χ1n) is 6.80. The summed E-state index contributed by atoms with van der Waals surface area (Å²) in [6.07, 6.45) is -4.36. The van der Waals surface area contributed by atoms with E-state index in [2.05, 4.69) is 4.98 Å². The van der Waals surface area contributed by atoms with Crippen molar-refractivity contribution >= 4 is 10.9 Å². The smallest absolute Gasteiger partial charge is 0.416 e. The molecule has 1 N–H and O–H groups in total. The van der Waals surface area contributed by atoms with Gasteiger partial charge in [0.15, 0.2) is 0 Å². The summed E-state index contributed by atoms with van der Waals surface area (Å²) >= 11 is 0. The van der Waals surface area contributed by atoms with Gasteiger partial charge in [0.05, 0.1) is 11.3 Å². The first-order chi connectivity index (χ1) is 10.4. The third kappa shape index (κ3) is 3.08. The van der Waals surface area contributed by atoms with E-state index in [1.54, 1.807) is 0 Å². The van der Waals surface area contributed by atoms with Crippen molar-refractivity contribution in [3.05, 3.63) is 65.4 Å². The van der Waals surface area contributed by atoms with Gasteiger partial charge >= 0.3 is 6.18 Å². The number of ether oxygens (including phenoxy) is 1. The van der Waals surface area contributed by atoms with Crippen molar-refractivity contribution in [1.29, 1.82) is 0 Å². The SMILES string of the molecule is Cc1ccc2cc(COc3cccc(C(F)(F)F)c3)[nH]c2c1. The normalized spacial score (nSPS) is 11.8. The fourth-order valence-corrected chi connectivity index (χ4v) is 2.30. The van der Waals surface area contributed by atoms with E-state index in [9.17, 15) is 13.2 Å². The Bertz CT molecular complexity index is 805. The quantitative estimate of drug-likeness (QED) is 0.717. The van der Waals surface area contributed by atoms with Crippen molar-refractivity contribution in [2.45, 2.75) is 19.7 Å².